The first-order valence-corrected chi connectivity index (χ1v) is 7.53. The van der Waals surface area contributed by atoms with Crippen LogP contribution >= 0.6 is 0 Å². The molecule has 108 valence electrons. The van der Waals surface area contributed by atoms with Gasteiger partial charge in [-0.3, -0.25) is 14.6 Å². The highest BCUT2D eigenvalue weighted by Crippen LogP contribution is 2.25. The molecule has 3 rings (SSSR count). The van der Waals surface area contributed by atoms with Crippen molar-refractivity contribution in [3.05, 3.63) is 0 Å². The van der Waals surface area contributed by atoms with Crippen LogP contribution in [0.2, 0.25) is 0 Å². The van der Waals surface area contributed by atoms with Crippen molar-refractivity contribution in [2.45, 2.75) is 37.8 Å². The average molecular weight is 268 g/mol. The number of carboxylic acids is 1. The molecule has 3 heterocycles. The number of rotatable bonds is 4. The fourth-order valence-corrected chi connectivity index (χ4v) is 3.67. The number of likely N-dealkylation sites (tertiary alicyclic amines) is 2. The summed E-state index contributed by atoms with van der Waals surface area (Å²) >= 11 is 0. The smallest absolute Gasteiger partial charge is 0.307 e. The number of hydrogen-bond donors (Lipinski definition) is 1. The van der Waals surface area contributed by atoms with Crippen molar-refractivity contribution in [1.82, 2.24) is 9.80 Å². The quantitative estimate of drug-likeness (QED) is 0.811. The Hall–Kier alpha value is -0.650. The molecule has 3 unspecified atom stereocenters. The van der Waals surface area contributed by atoms with Crippen molar-refractivity contribution in [3.63, 3.8) is 0 Å². The number of aliphatic carboxylic acids is 1. The summed E-state index contributed by atoms with van der Waals surface area (Å²) in [5.74, 6) is -0.774. The largest absolute Gasteiger partial charge is 0.481 e. The molecule has 3 fully saturated rings. The second kappa shape index (κ2) is 5.77. The molecule has 0 aromatic heterocycles. The number of carbonyl (C=O) groups is 1. The first-order chi connectivity index (χ1) is 9.22. The summed E-state index contributed by atoms with van der Waals surface area (Å²) in [6.45, 7) is 5.91. The van der Waals surface area contributed by atoms with Crippen molar-refractivity contribution in [3.8, 4) is 0 Å². The highest BCUT2D eigenvalue weighted by molar-refractivity contribution is 5.70. The van der Waals surface area contributed by atoms with Crippen molar-refractivity contribution < 1.29 is 14.6 Å². The summed E-state index contributed by atoms with van der Waals surface area (Å²) in [6.07, 6.45) is 4.83. The van der Waals surface area contributed by atoms with Crippen LogP contribution in [0.5, 0.6) is 0 Å². The molecule has 0 aliphatic carbocycles. The first kappa shape index (κ1) is 13.3. The molecule has 5 nitrogen and oxygen atoms in total. The number of carboxylic acid groups (broad SMARTS) is 1. The second-order valence-electron chi connectivity index (χ2n) is 6.16. The van der Waals surface area contributed by atoms with Gasteiger partial charge in [-0.15, -0.1) is 0 Å². The lowest BCUT2D eigenvalue weighted by Gasteiger charge is -2.25. The molecular formula is C14H24N2O3. The predicted molar refractivity (Wildman–Crippen MR) is 71.1 cm³/mol. The lowest BCUT2D eigenvalue weighted by molar-refractivity contribution is -0.141. The van der Waals surface area contributed by atoms with Gasteiger partial charge in [0.15, 0.2) is 0 Å². The Labute approximate surface area is 114 Å². The van der Waals surface area contributed by atoms with Crippen molar-refractivity contribution in [2.75, 3.05) is 39.3 Å². The van der Waals surface area contributed by atoms with Crippen LogP contribution in [-0.4, -0.2) is 72.4 Å². The molecule has 0 amide bonds. The van der Waals surface area contributed by atoms with Crippen molar-refractivity contribution >= 4 is 5.97 Å². The molecule has 0 aromatic carbocycles. The van der Waals surface area contributed by atoms with Gasteiger partial charge < -0.3 is 9.84 Å². The van der Waals surface area contributed by atoms with Gasteiger partial charge in [-0.05, 0) is 38.8 Å². The number of hydrogen-bond acceptors (Lipinski definition) is 4. The van der Waals surface area contributed by atoms with Gasteiger partial charge in [0.25, 0.3) is 0 Å². The van der Waals surface area contributed by atoms with Crippen LogP contribution in [0.1, 0.15) is 25.7 Å². The SMILES string of the molecule is O=C(O)C1CCN(C2CCN(CC3CCCO3)C2)C1. The minimum absolute atomic E-state index is 0.146. The van der Waals surface area contributed by atoms with E-state index in [0.717, 1.165) is 45.8 Å². The summed E-state index contributed by atoms with van der Waals surface area (Å²) < 4.78 is 5.69. The average Bonchev–Trinajstić information content (AvgIpc) is 3.09. The van der Waals surface area contributed by atoms with Crippen LogP contribution in [-0.2, 0) is 9.53 Å². The monoisotopic (exact) mass is 268 g/mol. The molecule has 3 aliphatic rings. The van der Waals surface area contributed by atoms with Gasteiger partial charge in [0.05, 0.1) is 12.0 Å². The maximum atomic E-state index is 11.0. The zero-order chi connectivity index (χ0) is 13.2. The van der Waals surface area contributed by atoms with Crippen LogP contribution < -0.4 is 0 Å². The summed E-state index contributed by atoms with van der Waals surface area (Å²) in [7, 11) is 0. The van der Waals surface area contributed by atoms with Gasteiger partial charge in [-0.25, -0.2) is 0 Å². The third-order valence-corrected chi connectivity index (χ3v) is 4.82. The topological polar surface area (TPSA) is 53.0 Å². The van der Waals surface area contributed by atoms with Gasteiger partial charge in [0.1, 0.15) is 0 Å². The van der Waals surface area contributed by atoms with E-state index in [1.807, 2.05) is 0 Å². The Morgan fingerprint density at radius 1 is 1.21 bits per heavy atom. The summed E-state index contributed by atoms with van der Waals surface area (Å²) in [6, 6.07) is 0.561. The molecule has 0 spiro atoms. The Balaban J connectivity index is 1.45. The van der Waals surface area contributed by atoms with Crippen molar-refractivity contribution in [2.24, 2.45) is 5.92 Å². The molecule has 3 saturated heterocycles. The summed E-state index contributed by atoms with van der Waals surface area (Å²) in [4.78, 5) is 15.9. The van der Waals surface area contributed by atoms with Gasteiger partial charge in [0.2, 0.25) is 0 Å². The third-order valence-electron chi connectivity index (χ3n) is 4.82. The molecule has 0 bridgehead atoms. The van der Waals surface area contributed by atoms with E-state index < -0.39 is 5.97 Å². The maximum Gasteiger partial charge on any atom is 0.307 e. The Morgan fingerprint density at radius 2 is 2.11 bits per heavy atom. The minimum Gasteiger partial charge on any atom is -0.481 e. The highest BCUT2D eigenvalue weighted by Gasteiger charge is 2.35. The standard InChI is InChI=1S/C14H24N2O3/c17-14(18)11-3-6-16(8-11)12-4-5-15(9-12)10-13-2-1-7-19-13/h11-13H,1-10H2,(H,17,18). The van der Waals surface area contributed by atoms with E-state index >= 15 is 0 Å². The third kappa shape index (κ3) is 3.09. The van der Waals surface area contributed by atoms with Crippen LogP contribution in [0, 0.1) is 5.92 Å². The Bertz CT molecular complexity index is 331. The molecular weight excluding hydrogens is 244 g/mol. The second-order valence-corrected chi connectivity index (χ2v) is 6.16. The van der Waals surface area contributed by atoms with Gasteiger partial charge in [0, 0.05) is 32.3 Å². The van der Waals surface area contributed by atoms with Gasteiger partial charge in [-0.1, -0.05) is 0 Å². The van der Waals surface area contributed by atoms with E-state index in [4.69, 9.17) is 9.84 Å². The summed E-state index contributed by atoms with van der Waals surface area (Å²) in [5.41, 5.74) is 0. The van der Waals surface area contributed by atoms with Crippen LogP contribution in [0.25, 0.3) is 0 Å². The van der Waals surface area contributed by atoms with Gasteiger partial charge >= 0.3 is 5.97 Å². The molecule has 5 heteroatoms. The summed E-state index contributed by atoms with van der Waals surface area (Å²) in [5, 5.41) is 9.06. The van der Waals surface area contributed by atoms with E-state index in [1.54, 1.807) is 0 Å². The Kier molecular flexibility index (Phi) is 4.05. The van der Waals surface area contributed by atoms with E-state index in [1.165, 1.54) is 19.3 Å². The highest BCUT2D eigenvalue weighted by atomic mass is 16.5. The van der Waals surface area contributed by atoms with E-state index in [0.29, 0.717) is 12.1 Å². The molecule has 0 radical (unpaired) electrons. The zero-order valence-corrected chi connectivity index (χ0v) is 11.5. The number of ether oxygens (including phenoxy) is 1. The zero-order valence-electron chi connectivity index (χ0n) is 11.5. The van der Waals surface area contributed by atoms with E-state index in [9.17, 15) is 4.79 Å². The normalized spacial score (nSPS) is 37.2. The Morgan fingerprint density at radius 3 is 2.79 bits per heavy atom. The molecule has 1 N–H and O–H groups in total. The predicted octanol–water partition coefficient (Wildman–Crippen LogP) is 0.646. The minimum atomic E-state index is -0.628. The fraction of sp³-hybridized carbons (Fsp3) is 0.929. The molecule has 19 heavy (non-hydrogen) atoms. The van der Waals surface area contributed by atoms with Gasteiger partial charge in [-0.2, -0.15) is 0 Å². The molecule has 0 aromatic rings. The molecule has 3 atom stereocenters. The van der Waals surface area contributed by atoms with Crippen LogP contribution in [0.3, 0.4) is 0 Å². The van der Waals surface area contributed by atoms with Crippen LogP contribution in [0.15, 0.2) is 0 Å². The van der Waals surface area contributed by atoms with Crippen LogP contribution in [0.4, 0.5) is 0 Å². The van der Waals surface area contributed by atoms with E-state index in [2.05, 4.69) is 9.80 Å². The lowest BCUT2D eigenvalue weighted by atomic mass is 10.1. The van der Waals surface area contributed by atoms with E-state index in [-0.39, 0.29) is 5.92 Å². The molecule has 3 aliphatic heterocycles. The maximum absolute atomic E-state index is 11.0. The first-order valence-electron chi connectivity index (χ1n) is 7.53. The van der Waals surface area contributed by atoms with Crippen molar-refractivity contribution in [1.29, 1.82) is 0 Å². The lowest BCUT2D eigenvalue weighted by Crippen LogP contribution is -2.38. The molecule has 0 saturated carbocycles. The number of nitrogens with zero attached hydrogens (tertiary/aromatic N) is 2. The fourth-order valence-electron chi connectivity index (χ4n) is 3.67.